The van der Waals surface area contributed by atoms with Crippen molar-refractivity contribution in [3.05, 3.63) is 24.3 Å². The summed E-state index contributed by atoms with van der Waals surface area (Å²) in [5, 5.41) is 0.153. The number of benzene rings is 1. The highest BCUT2D eigenvalue weighted by atomic mass is 32.2. The van der Waals surface area contributed by atoms with E-state index in [1.165, 1.54) is 0 Å². The summed E-state index contributed by atoms with van der Waals surface area (Å²) in [6.45, 7) is 1.98. The molecule has 0 aliphatic carbocycles. The van der Waals surface area contributed by atoms with Crippen molar-refractivity contribution >= 4 is 17.7 Å². The molecule has 16 heavy (non-hydrogen) atoms. The van der Waals surface area contributed by atoms with Gasteiger partial charge < -0.3 is 4.74 Å². The van der Waals surface area contributed by atoms with Gasteiger partial charge in [-0.25, -0.2) is 5.84 Å². The van der Waals surface area contributed by atoms with Crippen LogP contribution in [0, 0.1) is 0 Å². The predicted molar refractivity (Wildman–Crippen MR) is 65.3 cm³/mol. The molecule has 0 saturated heterocycles. The van der Waals surface area contributed by atoms with Crippen LogP contribution in [0.1, 0.15) is 13.3 Å². The van der Waals surface area contributed by atoms with E-state index in [2.05, 4.69) is 5.43 Å². The lowest BCUT2D eigenvalue weighted by molar-refractivity contribution is -0.121. The number of nitrogens with one attached hydrogen (secondary N) is 1. The molecule has 0 spiro atoms. The van der Waals surface area contributed by atoms with Gasteiger partial charge in [0.25, 0.3) is 0 Å². The maximum Gasteiger partial charge on any atom is 0.234 e. The minimum atomic E-state index is -0.158. The molecule has 0 saturated carbocycles. The zero-order valence-electron chi connectivity index (χ0n) is 9.40. The van der Waals surface area contributed by atoms with Crippen molar-refractivity contribution in [2.45, 2.75) is 23.5 Å². The summed E-state index contributed by atoms with van der Waals surface area (Å²) >= 11 is 1.60. The molecule has 1 amide bonds. The standard InChI is InChI=1S/C11H16N2O2S/c1-8(7-11(14)13-12)16-10-6-4-3-5-9(10)15-2/h3-6,8H,7,12H2,1-2H3,(H,13,14). The molecule has 5 heteroatoms. The Morgan fingerprint density at radius 1 is 1.56 bits per heavy atom. The Labute approximate surface area is 99.5 Å². The Morgan fingerprint density at radius 3 is 2.88 bits per heavy atom. The van der Waals surface area contributed by atoms with Gasteiger partial charge >= 0.3 is 0 Å². The van der Waals surface area contributed by atoms with Gasteiger partial charge in [-0.15, -0.1) is 11.8 Å². The summed E-state index contributed by atoms with van der Waals surface area (Å²) in [5.74, 6) is 5.71. The number of methoxy groups -OCH3 is 1. The van der Waals surface area contributed by atoms with Gasteiger partial charge in [0.05, 0.1) is 7.11 Å². The smallest absolute Gasteiger partial charge is 0.234 e. The summed E-state index contributed by atoms with van der Waals surface area (Å²) in [5.41, 5.74) is 2.13. The molecule has 88 valence electrons. The molecule has 0 radical (unpaired) electrons. The summed E-state index contributed by atoms with van der Waals surface area (Å²) in [7, 11) is 1.64. The highest BCUT2D eigenvalue weighted by Gasteiger charge is 2.11. The normalized spacial score (nSPS) is 11.9. The zero-order valence-corrected chi connectivity index (χ0v) is 10.2. The van der Waals surface area contributed by atoms with Gasteiger partial charge in [-0.2, -0.15) is 0 Å². The summed E-state index contributed by atoms with van der Waals surface area (Å²) in [6, 6.07) is 7.74. The molecule has 0 aromatic heterocycles. The van der Waals surface area contributed by atoms with Crippen LogP contribution in [0.4, 0.5) is 0 Å². The molecule has 3 N–H and O–H groups in total. The van der Waals surface area contributed by atoms with Crippen LogP contribution in [0.15, 0.2) is 29.2 Å². The van der Waals surface area contributed by atoms with E-state index in [1.54, 1.807) is 18.9 Å². The molecule has 1 unspecified atom stereocenters. The maximum absolute atomic E-state index is 11.1. The van der Waals surface area contributed by atoms with E-state index < -0.39 is 0 Å². The van der Waals surface area contributed by atoms with Crippen LogP contribution in [0.5, 0.6) is 5.75 Å². The van der Waals surface area contributed by atoms with Gasteiger partial charge in [0.2, 0.25) is 5.91 Å². The Morgan fingerprint density at radius 2 is 2.25 bits per heavy atom. The van der Waals surface area contributed by atoms with E-state index >= 15 is 0 Å². The topological polar surface area (TPSA) is 64.3 Å². The Balaban J connectivity index is 2.61. The lowest BCUT2D eigenvalue weighted by Gasteiger charge is -2.12. The number of para-hydroxylation sites is 1. The van der Waals surface area contributed by atoms with Gasteiger partial charge in [0, 0.05) is 16.6 Å². The number of carbonyl (C=O) groups excluding carboxylic acids is 1. The van der Waals surface area contributed by atoms with E-state index in [0.717, 1.165) is 10.6 Å². The SMILES string of the molecule is COc1ccccc1SC(C)CC(=O)NN. The van der Waals surface area contributed by atoms with Crippen molar-refractivity contribution in [3.63, 3.8) is 0 Å². The quantitative estimate of drug-likeness (QED) is 0.355. The van der Waals surface area contributed by atoms with Crippen molar-refractivity contribution in [2.24, 2.45) is 5.84 Å². The molecule has 0 fully saturated rings. The van der Waals surface area contributed by atoms with Crippen molar-refractivity contribution in [2.75, 3.05) is 7.11 Å². The molecular weight excluding hydrogens is 224 g/mol. The maximum atomic E-state index is 11.1. The third-order valence-electron chi connectivity index (χ3n) is 2.03. The van der Waals surface area contributed by atoms with Gasteiger partial charge in [0.1, 0.15) is 5.75 Å². The second-order valence-electron chi connectivity index (χ2n) is 3.35. The second-order valence-corrected chi connectivity index (χ2v) is 4.83. The predicted octanol–water partition coefficient (Wildman–Crippen LogP) is 1.56. The average Bonchev–Trinajstić information content (AvgIpc) is 2.29. The first-order valence-electron chi connectivity index (χ1n) is 4.96. The first-order valence-corrected chi connectivity index (χ1v) is 5.84. The fourth-order valence-corrected chi connectivity index (χ4v) is 2.39. The number of hydrazine groups is 1. The molecule has 0 bridgehead atoms. The number of nitrogens with two attached hydrogens (primary N) is 1. The zero-order chi connectivity index (χ0) is 12.0. The lowest BCUT2D eigenvalue weighted by Crippen LogP contribution is -2.31. The third-order valence-corrected chi connectivity index (χ3v) is 3.19. The molecule has 4 nitrogen and oxygen atoms in total. The first kappa shape index (κ1) is 12.9. The van der Waals surface area contributed by atoms with Crippen molar-refractivity contribution in [1.82, 2.24) is 5.43 Å². The lowest BCUT2D eigenvalue weighted by atomic mass is 10.3. The molecule has 1 rings (SSSR count). The Bertz CT molecular complexity index is 358. The van der Waals surface area contributed by atoms with Crippen LogP contribution in [0.25, 0.3) is 0 Å². The second kappa shape index (κ2) is 6.40. The van der Waals surface area contributed by atoms with Crippen molar-refractivity contribution < 1.29 is 9.53 Å². The molecule has 1 atom stereocenters. The molecule has 0 aliphatic heterocycles. The van der Waals surface area contributed by atoms with Gasteiger partial charge in [-0.05, 0) is 12.1 Å². The van der Waals surface area contributed by atoms with Gasteiger partial charge in [-0.1, -0.05) is 19.1 Å². The largest absolute Gasteiger partial charge is 0.496 e. The molecular formula is C11H16N2O2S. The van der Waals surface area contributed by atoms with Crippen LogP contribution in [-0.2, 0) is 4.79 Å². The van der Waals surface area contributed by atoms with Crippen LogP contribution >= 0.6 is 11.8 Å². The molecule has 1 aromatic rings. The molecule has 1 aromatic carbocycles. The van der Waals surface area contributed by atoms with Gasteiger partial charge in [-0.3, -0.25) is 10.2 Å². The minimum absolute atomic E-state index is 0.153. The Hall–Kier alpha value is -1.20. The molecule has 0 aliphatic rings. The van der Waals surface area contributed by atoms with Crippen LogP contribution in [0.2, 0.25) is 0 Å². The number of amides is 1. The average molecular weight is 240 g/mol. The minimum Gasteiger partial charge on any atom is -0.496 e. The van der Waals surface area contributed by atoms with Gasteiger partial charge in [0.15, 0.2) is 0 Å². The fraction of sp³-hybridized carbons (Fsp3) is 0.364. The number of ether oxygens (including phenoxy) is 1. The summed E-state index contributed by atoms with van der Waals surface area (Å²) < 4.78 is 5.23. The van der Waals surface area contributed by atoms with Crippen molar-refractivity contribution in [1.29, 1.82) is 0 Å². The monoisotopic (exact) mass is 240 g/mol. The number of rotatable bonds is 5. The summed E-state index contributed by atoms with van der Waals surface area (Å²) in [4.78, 5) is 12.1. The first-order chi connectivity index (χ1) is 7.67. The van der Waals surface area contributed by atoms with Crippen LogP contribution in [0.3, 0.4) is 0 Å². The van der Waals surface area contributed by atoms with E-state index in [9.17, 15) is 4.79 Å². The van der Waals surface area contributed by atoms with E-state index in [1.807, 2.05) is 31.2 Å². The summed E-state index contributed by atoms with van der Waals surface area (Å²) in [6.07, 6.45) is 0.388. The Kier molecular flexibility index (Phi) is 5.14. The van der Waals surface area contributed by atoms with E-state index in [4.69, 9.17) is 10.6 Å². The van der Waals surface area contributed by atoms with Crippen LogP contribution in [-0.4, -0.2) is 18.3 Å². The fourth-order valence-electron chi connectivity index (χ4n) is 1.29. The van der Waals surface area contributed by atoms with Crippen LogP contribution < -0.4 is 16.0 Å². The molecule has 0 heterocycles. The number of thioether (sulfide) groups is 1. The highest BCUT2D eigenvalue weighted by molar-refractivity contribution is 8.00. The van der Waals surface area contributed by atoms with E-state index in [0.29, 0.717) is 6.42 Å². The number of hydrogen-bond acceptors (Lipinski definition) is 4. The van der Waals surface area contributed by atoms with Crippen molar-refractivity contribution in [3.8, 4) is 5.75 Å². The number of hydrogen-bond donors (Lipinski definition) is 2. The van der Waals surface area contributed by atoms with E-state index in [-0.39, 0.29) is 11.2 Å². The number of carbonyl (C=O) groups is 1. The highest BCUT2D eigenvalue weighted by Crippen LogP contribution is 2.32. The third kappa shape index (κ3) is 3.75.